The van der Waals surface area contributed by atoms with Crippen LogP contribution in [0, 0.1) is 10.6 Å². The van der Waals surface area contributed by atoms with Crippen molar-refractivity contribution >= 4 is 12.2 Å². The summed E-state index contributed by atoms with van der Waals surface area (Å²) in [5, 5.41) is 0. The molecule has 0 fully saturated rings. The monoisotopic (exact) mass is 262 g/mol. The van der Waals surface area contributed by atoms with Crippen LogP contribution in [-0.2, 0) is 6.18 Å². The van der Waals surface area contributed by atoms with Crippen LogP contribution >= 0.6 is 12.2 Å². The zero-order valence-corrected chi connectivity index (χ0v) is 9.07. The topological polar surface area (TPSA) is 20.7 Å². The van der Waals surface area contributed by atoms with Gasteiger partial charge in [0.15, 0.2) is 4.77 Å². The molecular formula is C10H6F4N2S. The van der Waals surface area contributed by atoms with Gasteiger partial charge in [0.2, 0.25) is 0 Å². The van der Waals surface area contributed by atoms with Gasteiger partial charge in [0, 0.05) is 18.1 Å². The molecule has 0 aliphatic rings. The van der Waals surface area contributed by atoms with Crippen LogP contribution in [0.15, 0.2) is 30.6 Å². The molecule has 1 aromatic heterocycles. The molecule has 2 aromatic rings. The van der Waals surface area contributed by atoms with Crippen molar-refractivity contribution in [2.75, 3.05) is 0 Å². The van der Waals surface area contributed by atoms with E-state index in [9.17, 15) is 17.6 Å². The van der Waals surface area contributed by atoms with Gasteiger partial charge in [-0.1, -0.05) is 0 Å². The Morgan fingerprint density at radius 2 is 1.94 bits per heavy atom. The van der Waals surface area contributed by atoms with Crippen molar-refractivity contribution in [2.45, 2.75) is 6.18 Å². The van der Waals surface area contributed by atoms with E-state index in [4.69, 9.17) is 12.2 Å². The first-order chi connectivity index (χ1) is 7.89. The SMILES string of the molecule is Fc1ccc(-n2cc[nH]c2=S)cc1C(F)(F)F. The van der Waals surface area contributed by atoms with E-state index in [2.05, 4.69) is 4.98 Å². The summed E-state index contributed by atoms with van der Waals surface area (Å²) in [7, 11) is 0. The van der Waals surface area contributed by atoms with Crippen molar-refractivity contribution in [2.24, 2.45) is 0 Å². The van der Waals surface area contributed by atoms with Gasteiger partial charge in [-0.05, 0) is 30.4 Å². The van der Waals surface area contributed by atoms with E-state index in [0.717, 1.165) is 12.1 Å². The predicted octanol–water partition coefficient (Wildman–Crippen LogP) is 3.69. The first-order valence-electron chi connectivity index (χ1n) is 4.53. The van der Waals surface area contributed by atoms with E-state index in [0.29, 0.717) is 0 Å². The largest absolute Gasteiger partial charge is 0.419 e. The highest BCUT2D eigenvalue weighted by Gasteiger charge is 2.34. The minimum atomic E-state index is -4.72. The summed E-state index contributed by atoms with van der Waals surface area (Å²) in [6.07, 6.45) is -1.77. The van der Waals surface area contributed by atoms with Crippen molar-refractivity contribution in [1.82, 2.24) is 9.55 Å². The molecule has 0 bridgehead atoms. The third-order valence-electron chi connectivity index (χ3n) is 2.18. The number of nitrogens with one attached hydrogen (secondary N) is 1. The summed E-state index contributed by atoms with van der Waals surface area (Å²) in [5.41, 5.74) is -1.15. The van der Waals surface area contributed by atoms with Crippen molar-refractivity contribution in [1.29, 1.82) is 0 Å². The maximum absolute atomic E-state index is 13.0. The molecule has 0 saturated carbocycles. The van der Waals surface area contributed by atoms with Gasteiger partial charge in [-0.3, -0.25) is 4.57 Å². The smallest absolute Gasteiger partial charge is 0.337 e. The highest BCUT2D eigenvalue weighted by molar-refractivity contribution is 7.71. The molecule has 17 heavy (non-hydrogen) atoms. The Balaban J connectivity index is 2.60. The lowest BCUT2D eigenvalue weighted by atomic mass is 10.2. The van der Waals surface area contributed by atoms with E-state index in [1.54, 1.807) is 0 Å². The summed E-state index contributed by atoms with van der Waals surface area (Å²) in [5.74, 6) is -1.30. The second-order valence-electron chi connectivity index (χ2n) is 3.30. The van der Waals surface area contributed by atoms with Crippen molar-refractivity contribution in [3.63, 3.8) is 0 Å². The molecule has 0 unspecified atom stereocenters. The number of imidazole rings is 1. The van der Waals surface area contributed by atoms with Crippen LogP contribution < -0.4 is 0 Å². The van der Waals surface area contributed by atoms with Crippen molar-refractivity contribution < 1.29 is 17.6 Å². The van der Waals surface area contributed by atoms with Gasteiger partial charge in [0.25, 0.3) is 0 Å². The third-order valence-corrected chi connectivity index (χ3v) is 2.50. The predicted molar refractivity (Wildman–Crippen MR) is 55.9 cm³/mol. The summed E-state index contributed by atoms with van der Waals surface area (Å²) >= 11 is 4.87. The van der Waals surface area contributed by atoms with Crippen LogP contribution in [0.25, 0.3) is 5.69 Å². The molecule has 2 nitrogen and oxygen atoms in total. The molecule has 0 saturated heterocycles. The summed E-state index contributed by atoms with van der Waals surface area (Å²) in [6, 6.07) is 2.72. The molecule has 2 rings (SSSR count). The minimum absolute atomic E-state index is 0.157. The number of halogens is 4. The summed E-state index contributed by atoms with van der Waals surface area (Å²) in [4.78, 5) is 2.64. The zero-order chi connectivity index (χ0) is 12.6. The van der Waals surface area contributed by atoms with Crippen LogP contribution in [-0.4, -0.2) is 9.55 Å². The Hall–Kier alpha value is -1.63. The number of aromatic amines is 1. The molecule has 0 spiro atoms. The Kier molecular flexibility index (Phi) is 2.78. The highest BCUT2D eigenvalue weighted by atomic mass is 32.1. The van der Waals surface area contributed by atoms with Crippen LogP contribution in [0.1, 0.15) is 5.56 Å². The quantitative estimate of drug-likeness (QED) is 0.614. The normalized spacial score (nSPS) is 11.8. The number of aromatic nitrogens is 2. The number of alkyl halides is 3. The van der Waals surface area contributed by atoms with Crippen molar-refractivity contribution in [3.8, 4) is 5.69 Å². The first-order valence-corrected chi connectivity index (χ1v) is 4.93. The molecule has 1 N–H and O–H groups in total. The van der Waals surface area contributed by atoms with Gasteiger partial charge in [-0.15, -0.1) is 0 Å². The fourth-order valence-corrected chi connectivity index (χ4v) is 1.64. The van der Waals surface area contributed by atoms with Crippen LogP contribution in [0.2, 0.25) is 0 Å². The van der Waals surface area contributed by atoms with E-state index in [1.165, 1.54) is 23.0 Å². The van der Waals surface area contributed by atoms with Crippen molar-refractivity contribution in [3.05, 3.63) is 46.7 Å². The molecule has 1 heterocycles. The molecule has 0 atom stereocenters. The lowest BCUT2D eigenvalue weighted by Gasteiger charge is -2.10. The molecule has 90 valence electrons. The molecule has 7 heteroatoms. The standard InChI is InChI=1S/C10H6F4N2S/c11-8-2-1-6(5-7(8)10(12,13)14)16-4-3-15-9(16)17/h1-5H,(H,15,17). The molecule has 0 aliphatic carbocycles. The van der Waals surface area contributed by atoms with Gasteiger partial charge < -0.3 is 4.98 Å². The van der Waals surface area contributed by atoms with E-state index in [1.807, 2.05) is 0 Å². The third kappa shape index (κ3) is 2.23. The summed E-state index contributed by atoms with van der Waals surface area (Å²) < 4.78 is 52.1. The van der Waals surface area contributed by atoms with Gasteiger partial charge in [-0.2, -0.15) is 13.2 Å². The van der Waals surface area contributed by atoms with Crippen LogP contribution in [0.5, 0.6) is 0 Å². The Labute approximate surface area is 98.5 Å². The molecule has 0 amide bonds. The lowest BCUT2D eigenvalue weighted by molar-refractivity contribution is -0.140. The van der Waals surface area contributed by atoms with Crippen LogP contribution in [0.3, 0.4) is 0 Å². The highest BCUT2D eigenvalue weighted by Crippen LogP contribution is 2.32. The van der Waals surface area contributed by atoms with Gasteiger partial charge in [0.1, 0.15) is 5.82 Å². The molecule has 0 aliphatic heterocycles. The zero-order valence-electron chi connectivity index (χ0n) is 8.25. The van der Waals surface area contributed by atoms with E-state index in [-0.39, 0.29) is 10.5 Å². The average Bonchev–Trinajstić information content (AvgIpc) is 2.63. The minimum Gasteiger partial charge on any atom is -0.337 e. The number of hydrogen-bond acceptors (Lipinski definition) is 1. The molecule has 1 aromatic carbocycles. The fraction of sp³-hybridized carbons (Fsp3) is 0.100. The second-order valence-corrected chi connectivity index (χ2v) is 3.68. The Bertz CT molecular complexity index is 597. The number of H-pyrrole nitrogens is 1. The number of hydrogen-bond donors (Lipinski definition) is 1. The number of nitrogens with zero attached hydrogens (tertiary/aromatic N) is 1. The van der Waals surface area contributed by atoms with Crippen LogP contribution in [0.4, 0.5) is 17.6 Å². The first kappa shape index (κ1) is 11.8. The number of benzene rings is 1. The van der Waals surface area contributed by atoms with Gasteiger partial charge >= 0.3 is 6.18 Å². The Morgan fingerprint density at radius 3 is 2.47 bits per heavy atom. The molecular weight excluding hydrogens is 256 g/mol. The summed E-state index contributed by atoms with van der Waals surface area (Å²) in [6.45, 7) is 0. The second kappa shape index (κ2) is 3.99. The maximum atomic E-state index is 13.0. The molecule has 0 radical (unpaired) electrons. The van der Waals surface area contributed by atoms with Gasteiger partial charge in [-0.25, -0.2) is 4.39 Å². The maximum Gasteiger partial charge on any atom is 0.419 e. The lowest BCUT2D eigenvalue weighted by Crippen LogP contribution is -2.09. The fourth-order valence-electron chi connectivity index (χ4n) is 1.40. The van der Waals surface area contributed by atoms with E-state index >= 15 is 0 Å². The van der Waals surface area contributed by atoms with Gasteiger partial charge in [0.05, 0.1) is 5.56 Å². The average molecular weight is 262 g/mol. The Morgan fingerprint density at radius 1 is 1.24 bits per heavy atom. The number of rotatable bonds is 1. The van der Waals surface area contributed by atoms with E-state index < -0.39 is 17.6 Å².